The van der Waals surface area contributed by atoms with Gasteiger partial charge in [-0.05, 0) is 17.0 Å². The van der Waals surface area contributed by atoms with Crippen molar-refractivity contribution in [2.24, 2.45) is 5.73 Å². The van der Waals surface area contributed by atoms with Crippen LogP contribution in [0.2, 0.25) is 0 Å². The van der Waals surface area contributed by atoms with Gasteiger partial charge >= 0.3 is 0 Å². The molecule has 0 saturated heterocycles. The number of hydrogen-bond donors (Lipinski definition) is 2. The molecule has 4 heteroatoms. The molecule has 0 bridgehead atoms. The standard InChI is InChI=1S/C15H24N2O2/c1-15(2,3)12-7-5-6-8-13(12)17-14(18)9-11(10-16)19-4/h5-8,11H,9-10,16H2,1-4H3,(H,17,18). The predicted molar refractivity (Wildman–Crippen MR) is 78.2 cm³/mol. The lowest BCUT2D eigenvalue weighted by Gasteiger charge is -2.23. The molecule has 1 aromatic carbocycles. The van der Waals surface area contributed by atoms with E-state index in [4.69, 9.17) is 10.5 Å². The fraction of sp³-hybridized carbons (Fsp3) is 0.533. The van der Waals surface area contributed by atoms with Gasteiger partial charge in [0.25, 0.3) is 0 Å². The van der Waals surface area contributed by atoms with Crippen molar-refractivity contribution in [2.45, 2.75) is 38.7 Å². The zero-order valence-electron chi connectivity index (χ0n) is 12.2. The van der Waals surface area contributed by atoms with Crippen LogP contribution in [0.15, 0.2) is 24.3 Å². The van der Waals surface area contributed by atoms with Crippen molar-refractivity contribution in [2.75, 3.05) is 19.0 Å². The van der Waals surface area contributed by atoms with Gasteiger partial charge in [0.15, 0.2) is 0 Å². The lowest BCUT2D eigenvalue weighted by Crippen LogP contribution is -2.28. The summed E-state index contributed by atoms with van der Waals surface area (Å²) in [4.78, 5) is 12.0. The van der Waals surface area contributed by atoms with Gasteiger partial charge in [0.05, 0.1) is 12.5 Å². The van der Waals surface area contributed by atoms with E-state index >= 15 is 0 Å². The van der Waals surface area contributed by atoms with Crippen molar-refractivity contribution in [3.63, 3.8) is 0 Å². The van der Waals surface area contributed by atoms with Gasteiger partial charge in [-0.2, -0.15) is 0 Å². The molecule has 1 aromatic rings. The summed E-state index contributed by atoms with van der Waals surface area (Å²) in [5, 5.41) is 2.94. The summed E-state index contributed by atoms with van der Waals surface area (Å²) in [7, 11) is 1.56. The summed E-state index contributed by atoms with van der Waals surface area (Å²) in [6.45, 7) is 6.70. The Hall–Kier alpha value is -1.39. The summed E-state index contributed by atoms with van der Waals surface area (Å²) in [6, 6.07) is 7.85. The molecule has 0 aliphatic carbocycles. The SMILES string of the molecule is COC(CN)CC(=O)Nc1ccccc1C(C)(C)C. The van der Waals surface area contributed by atoms with Crippen LogP contribution in [0.3, 0.4) is 0 Å². The van der Waals surface area contributed by atoms with E-state index in [1.165, 1.54) is 0 Å². The van der Waals surface area contributed by atoms with Crippen LogP contribution in [0.25, 0.3) is 0 Å². The minimum Gasteiger partial charge on any atom is -0.380 e. The van der Waals surface area contributed by atoms with Gasteiger partial charge in [-0.3, -0.25) is 4.79 Å². The lowest BCUT2D eigenvalue weighted by molar-refractivity contribution is -0.118. The van der Waals surface area contributed by atoms with Gasteiger partial charge in [0.1, 0.15) is 0 Å². The van der Waals surface area contributed by atoms with Crippen LogP contribution in [-0.2, 0) is 14.9 Å². The number of rotatable bonds is 5. The molecule has 0 aliphatic rings. The molecule has 106 valence electrons. The van der Waals surface area contributed by atoms with Crippen LogP contribution in [0, 0.1) is 0 Å². The first-order valence-corrected chi connectivity index (χ1v) is 6.50. The average Bonchev–Trinajstić information content (AvgIpc) is 2.35. The highest BCUT2D eigenvalue weighted by molar-refractivity contribution is 5.92. The van der Waals surface area contributed by atoms with Crippen LogP contribution in [0.4, 0.5) is 5.69 Å². The summed E-state index contributed by atoms with van der Waals surface area (Å²) in [5.41, 5.74) is 7.47. The number of nitrogens with two attached hydrogens (primary N) is 1. The van der Waals surface area contributed by atoms with Crippen LogP contribution in [0.5, 0.6) is 0 Å². The number of benzene rings is 1. The molecule has 0 aliphatic heterocycles. The number of hydrogen-bond acceptors (Lipinski definition) is 3. The van der Waals surface area contributed by atoms with Gasteiger partial charge in [0.2, 0.25) is 5.91 Å². The van der Waals surface area contributed by atoms with Crippen LogP contribution in [-0.4, -0.2) is 25.7 Å². The van der Waals surface area contributed by atoms with E-state index in [1.54, 1.807) is 7.11 Å². The van der Waals surface area contributed by atoms with Crippen molar-refractivity contribution in [1.82, 2.24) is 0 Å². The van der Waals surface area contributed by atoms with E-state index in [0.29, 0.717) is 6.54 Å². The number of carbonyl (C=O) groups is 1. The quantitative estimate of drug-likeness (QED) is 0.857. The number of para-hydroxylation sites is 1. The maximum Gasteiger partial charge on any atom is 0.227 e. The van der Waals surface area contributed by atoms with Gasteiger partial charge in [0, 0.05) is 19.3 Å². The fourth-order valence-corrected chi connectivity index (χ4v) is 1.92. The number of methoxy groups -OCH3 is 1. The average molecular weight is 264 g/mol. The monoisotopic (exact) mass is 264 g/mol. The molecule has 0 radical (unpaired) electrons. The first-order chi connectivity index (χ1) is 8.88. The fourth-order valence-electron chi connectivity index (χ4n) is 1.92. The van der Waals surface area contributed by atoms with E-state index in [9.17, 15) is 4.79 Å². The highest BCUT2D eigenvalue weighted by atomic mass is 16.5. The number of nitrogens with one attached hydrogen (secondary N) is 1. The zero-order chi connectivity index (χ0) is 14.5. The second-order valence-electron chi connectivity index (χ2n) is 5.64. The highest BCUT2D eigenvalue weighted by Crippen LogP contribution is 2.29. The summed E-state index contributed by atoms with van der Waals surface area (Å²) >= 11 is 0. The Bertz CT molecular complexity index is 420. The minimum absolute atomic E-state index is 0.0155. The third kappa shape index (κ3) is 4.65. The Kier molecular flexibility index (Phi) is 5.51. The Morgan fingerprint density at radius 3 is 2.53 bits per heavy atom. The molecule has 3 N–H and O–H groups in total. The molecule has 0 fully saturated rings. The normalized spacial score (nSPS) is 13.1. The van der Waals surface area contributed by atoms with Crippen molar-refractivity contribution in [3.05, 3.63) is 29.8 Å². The molecule has 1 amide bonds. The Labute approximate surface area is 115 Å². The summed E-state index contributed by atoms with van der Waals surface area (Å²) in [6.07, 6.45) is 0.0349. The van der Waals surface area contributed by atoms with E-state index in [-0.39, 0.29) is 23.8 Å². The van der Waals surface area contributed by atoms with Crippen molar-refractivity contribution in [1.29, 1.82) is 0 Å². The smallest absolute Gasteiger partial charge is 0.227 e. The van der Waals surface area contributed by atoms with E-state index in [1.807, 2.05) is 24.3 Å². The van der Waals surface area contributed by atoms with Crippen LogP contribution >= 0.6 is 0 Å². The van der Waals surface area contributed by atoms with Crippen LogP contribution in [0.1, 0.15) is 32.8 Å². The zero-order valence-corrected chi connectivity index (χ0v) is 12.2. The molecule has 0 aromatic heterocycles. The van der Waals surface area contributed by atoms with E-state index in [2.05, 4.69) is 26.1 Å². The topological polar surface area (TPSA) is 64.3 Å². The molecule has 0 heterocycles. The first-order valence-electron chi connectivity index (χ1n) is 6.50. The van der Waals surface area contributed by atoms with E-state index < -0.39 is 0 Å². The van der Waals surface area contributed by atoms with Crippen molar-refractivity contribution >= 4 is 11.6 Å². The highest BCUT2D eigenvalue weighted by Gasteiger charge is 2.19. The Morgan fingerprint density at radius 2 is 2.00 bits per heavy atom. The van der Waals surface area contributed by atoms with Gasteiger partial charge in [-0.25, -0.2) is 0 Å². The maximum atomic E-state index is 12.0. The number of ether oxygens (including phenoxy) is 1. The molecule has 1 atom stereocenters. The Balaban J connectivity index is 2.80. The van der Waals surface area contributed by atoms with Crippen molar-refractivity contribution < 1.29 is 9.53 Å². The number of anilines is 1. The van der Waals surface area contributed by atoms with Gasteiger partial charge < -0.3 is 15.8 Å². The second-order valence-corrected chi connectivity index (χ2v) is 5.64. The Morgan fingerprint density at radius 1 is 1.37 bits per heavy atom. The number of carbonyl (C=O) groups excluding carboxylic acids is 1. The summed E-state index contributed by atoms with van der Waals surface area (Å²) < 4.78 is 5.12. The third-order valence-corrected chi connectivity index (χ3v) is 3.02. The molecule has 19 heavy (non-hydrogen) atoms. The van der Waals surface area contributed by atoms with E-state index in [0.717, 1.165) is 11.3 Å². The van der Waals surface area contributed by atoms with Crippen molar-refractivity contribution in [3.8, 4) is 0 Å². The molecular weight excluding hydrogens is 240 g/mol. The number of amides is 1. The molecule has 1 unspecified atom stereocenters. The molecule has 1 rings (SSSR count). The first kappa shape index (κ1) is 15.7. The largest absolute Gasteiger partial charge is 0.380 e. The van der Waals surface area contributed by atoms with Gasteiger partial charge in [-0.1, -0.05) is 39.0 Å². The second kappa shape index (κ2) is 6.68. The maximum absolute atomic E-state index is 12.0. The molecule has 0 spiro atoms. The minimum atomic E-state index is -0.234. The molecular formula is C15H24N2O2. The third-order valence-electron chi connectivity index (χ3n) is 3.02. The molecule has 4 nitrogen and oxygen atoms in total. The van der Waals surface area contributed by atoms with Crippen LogP contribution < -0.4 is 11.1 Å². The predicted octanol–water partition coefficient (Wildman–Crippen LogP) is 2.29. The van der Waals surface area contributed by atoms with Gasteiger partial charge in [-0.15, -0.1) is 0 Å². The molecule has 0 saturated carbocycles. The summed E-state index contributed by atoms with van der Waals surface area (Å²) in [5.74, 6) is -0.0750. The lowest BCUT2D eigenvalue weighted by atomic mass is 9.86.